The van der Waals surface area contributed by atoms with E-state index in [0.29, 0.717) is 6.04 Å². The number of hydrogen-bond acceptors (Lipinski definition) is 5. The molecule has 0 saturated carbocycles. The van der Waals surface area contributed by atoms with E-state index < -0.39 is 0 Å². The average molecular weight is 496 g/mol. The fourth-order valence-electron chi connectivity index (χ4n) is 5.34. The number of benzene rings is 3. The first-order chi connectivity index (χ1) is 17.7. The third kappa shape index (κ3) is 4.50. The van der Waals surface area contributed by atoms with Crippen LogP contribution in [0.1, 0.15) is 24.6 Å². The maximum Gasteiger partial charge on any atom is 0.221 e. The first-order valence-electron chi connectivity index (χ1n) is 12.5. The van der Waals surface area contributed by atoms with E-state index in [4.69, 9.17) is 4.74 Å². The molecular formula is C30H29N3O2S. The van der Waals surface area contributed by atoms with Crippen LogP contribution >= 0.6 is 11.3 Å². The minimum Gasteiger partial charge on any atom is -0.453 e. The normalized spacial score (nSPS) is 15.6. The third-order valence-corrected chi connectivity index (χ3v) is 7.86. The maximum absolute atomic E-state index is 11.8. The molecule has 5 nitrogen and oxygen atoms in total. The molecule has 1 amide bonds. The highest BCUT2D eigenvalue weighted by molar-refractivity contribution is 7.09. The molecular weight excluding hydrogens is 466 g/mol. The smallest absolute Gasteiger partial charge is 0.221 e. The molecule has 1 saturated heterocycles. The fourth-order valence-corrected chi connectivity index (χ4v) is 6.08. The number of carbonyl (C=O) groups is 1. The molecule has 0 bridgehead atoms. The van der Waals surface area contributed by atoms with Crippen molar-refractivity contribution in [3.05, 3.63) is 89.1 Å². The van der Waals surface area contributed by atoms with Crippen LogP contribution in [0.2, 0.25) is 0 Å². The largest absolute Gasteiger partial charge is 0.453 e. The number of amides is 1. The highest BCUT2D eigenvalue weighted by atomic mass is 32.1. The van der Waals surface area contributed by atoms with Gasteiger partial charge in [0.1, 0.15) is 0 Å². The van der Waals surface area contributed by atoms with Crippen LogP contribution in [0.4, 0.5) is 17.1 Å². The molecule has 6 heteroatoms. The number of nitrogens with zero attached hydrogens (tertiary/aromatic N) is 2. The van der Waals surface area contributed by atoms with E-state index in [-0.39, 0.29) is 5.91 Å². The first-order valence-corrected chi connectivity index (χ1v) is 13.4. The van der Waals surface area contributed by atoms with Gasteiger partial charge in [-0.2, -0.15) is 0 Å². The van der Waals surface area contributed by atoms with E-state index in [2.05, 4.69) is 69.0 Å². The van der Waals surface area contributed by atoms with Crippen molar-refractivity contribution in [1.82, 2.24) is 4.90 Å². The first kappa shape index (κ1) is 22.8. The zero-order valence-electron chi connectivity index (χ0n) is 20.3. The van der Waals surface area contributed by atoms with Gasteiger partial charge in [-0.05, 0) is 60.2 Å². The van der Waals surface area contributed by atoms with Gasteiger partial charge in [-0.15, -0.1) is 11.3 Å². The number of nitrogens with one attached hydrogen (secondary N) is 1. The monoisotopic (exact) mass is 495 g/mol. The number of anilines is 3. The topological polar surface area (TPSA) is 44.8 Å². The molecule has 182 valence electrons. The number of ether oxygens (including phenoxy) is 1. The van der Waals surface area contributed by atoms with E-state index in [0.717, 1.165) is 72.2 Å². The van der Waals surface area contributed by atoms with Gasteiger partial charge in [0.05, 0.1) is 11.4 Å². The van der Waals surface area contributed by atoms with E-state index in [9.17, 15) is 4.79 Å². The molecule has 3 heterocycles. The zero-order chi connectivity index (χ0) is 24.5. The Balaban J connectivity index is 1.31. The summed E-state index contributed by atoms with van der Waals surface area (Å²) in [6.45, 7) is 4.74. The van der Waals surface area contributed by atoms with Crippen LogP contribution in [0.3, 0.4) is 0 Å². The number of thiophene rings is 1. The molecule has 36 heavy (non-hydrogen) atoms. The van der Waals surface area contributed by atoms with Gasteiger partial charge in [0.2, 0.25) is 5.91 Å². The molecule has 6 rings (SSSR count). The van der Waals surface area contributed by atoms with Crippen LogP contribution in [-0.2, 0) is 11.3 Å². The summed E-state index contributed by atoms with van der Waals surface area (Å²) in [4.78, 5) is 18.2. The zero-order valence-corrected chi connectivity index (χ0v) is 21.1. The van der Waals surface area contributed by atoms with Crippen LogP contribution < -0.4 is 15.0 Å². The van der Waals surface area contributed by atoms with Gasteiger partial charge in [0, 0.05) is 48.7 Å². The van der Waals surface area contributed by atoms with Gasteiger partial charge >= 0.3 is 0 Å². The Hall–Kier alpha value is -3.61. The number of carbonyl (C=O) groups excluding carboxylic acids is 1. The molecule has 1 N–H and O–H groups in total. The van der Waals surface area contributed by atoms with Crippen molar-refractivity contribution in [2.75, 3.05) is 23.3 Å². The van der Waals surface area contributed by atoms with Crippen molar-refractivity contribution in [3.8, 4) is 22.6 Å². The summed E-state index contributed by atoms with van der Waals surface area (Å²) < 4.78 is 6.43. The lowest BCUT2D eigenvalue weighted by Crippen LogP contribution is -2.43. The van der Waals surface area contributed by atoms with Crippen molar-refractivity contribution in [1.29, 1.82) is 0 Å². The van der Waals surface area contributed by atoms with Crippen LogP contribution in [-0.4, -0.2) is 29.9 Å². The Kier molecular flexibility index (Phi) is 6.21. The van der Waals surface area contributed by atoms with Crippen molar-refractivity contribution in [2.24, 2.45) is 0 Å². The second-order valence-electron chi connectivity index (χ2n) is 9.44. The van der Waals surface area contributed by atoms with E-state index in [1.54, 1.807) is 0 Å². The highest BCUT2D eigenvalue weighted by Crippen LogP contribution is 2.50. The van der Waals surface area contributed by atoms with Gasteiger partial charge in [-0.25, -0.2) is 0 Å². The summed E-state index contributed by atoms with van der Waals surface area (Å²) in [5, 5.41) is 5.11. The Morgan fingerprint density at radius 3 is 2.53 bits per heavy atom. The Bertz CT molecular complexity index is 1380. The number of para-hydroxylation sites is 3. The summed E-state index contributed by atoms with van der Waals surface area (Å²) in [6, 6.07) is 27.4. The lowest BCUT2D eigenvalue weighted by molar-refractivity contribution is -0.114. The summed E-state index contributed by atoms with van der Waals surface area (Å²) in [7, 11) is 0. The third-order valence-electron chi connectivity index (χ3n) is 6.99. The molecule has 4 aromatic rings. The fraction of sp³-hybridized carbons (Fsp3) is 0.233. The summed E-state index contributed by atoms with van der Waals surface area (Å²) >= 11 is 1.84. The number of rotatable bonds is 5. The summed E-state index contributed by atoms with van der Waals surface area (Å²) in [5.41, 5.74) is 5.03. The quantitative estimate of drug-likeness (QED) is 0.316. The second-order valence-corrected chi connectivity index (χ2v) is 10.5. The molecule has 1 aromatic heterocycles. The lowest BCUT2D eigenvalue weighted by Gasteiger charge is -2.42. The van der Waals surface area contributed by atoms with Crippen molar-refractivity contribution in [2.45, 2.75) is 32.4 Å². The van der Waals surface area contributed by atoms with Crippen LogP contribution in [0.25, 0.3) is 11.1 Å². The Labute approximate surface area is 215 Å². The maximum atomic E-state index is 11.8. The van der Waals surface area contributed by atoms with Crippen LogP contribution in [0.15, 0.2) is 84.2 Å². The molecule has 2 aliphatic rings. The molecule has 0 atom stereocenters. The Morgan fingerprint density at radius 1 is 0.944 bits per heavy atom. The highest BCUT2D eigenvalue weighted by Gasteiger charge is 2.32. The standard InChI is InChI=1S/C30H29N3O2S/c1-21(34)31-26-9-3-2-8-25(26)22-12-13-28-30(19-22)35-29-11-5-4-10-27(29)33(28)23-14-16-32(17-15-23)20-24-7-6-18-36-24/h2-13,18-19,23H,14-17,20H2,1H3,(H,31,34). The average Bonchev–Trinajstić information content (AvgIpc) is 3.41. The predicted molar refractivity (Wildman–Crippen MR) is 147 cm³/mol. The predicted octanol–water partition coefficient (Wildman–Crippen LogP) is 7.28. The van der Waals surface area contributed by atoms with Crippen molar-refractivity contribution in [3.63, 3.8) is 0 Å². The number of likely N-dealkylation sites (tertiary alicyclic amines) is 1. The molecule has 0 spiro atoms. The molecule has 0 aliphatic carbocycles. The molecule has 0 unspecified atom stereocenters. The number of piperidine rings is 1. The number of fused-ring (bicyclic) bond motifs is 2. The molecule has 2 aliphatic heterocycles. The molecule has 3 aromatic carbocycles. The van der Waals surface area contributed by atoms with Gasteiger partial charge < -0.3 is 15.0 Å². The molecule has 1 fully saturated rings. The summed E-state index contributed by atoms with van der Waals surface area (Å²) in [6.07, 6.45) is 2.21. The van der Waals surface area contributed by atoms with Crippen molar-refractivity contribution >= 4 is 34.3 Å². The number of hydrogen-bond donors (Lipinski definition) is 1. The minimum absolute atomic E-state index is 0.0813. The Morgan fingerprint density at radius 2 is 1.72 bits per heavy atom. The second kappa shape index (κ2) is 9.80. The minimum atomic E-state index is -0.0813. The van der Waals surface area contributed by atoms with Gasteiger partial charge in [0.15, 0.2) is 11.5 Å². The lowest BCUT2D eigenvalue weighted by atomic mass is 9.98. The van der Waals surface area contributed by atoms with Gasteiger partial charge in [-0.1, -0.05) is 42.5 Å². The van der Waals surface area contributed by atoms with Gasteiger partial charge in [-0.3, -0.25) is 9.69 Å². The van der Waals surface area contributed by atoms with Crippen molar-refractivity contribution < 1.29 is 9.53 Å². The molecule has 0 radical (unpaired) electrons. The SMILES string of the molecule is CC(=O)Nc1ccccc1-c1ccc2c(c1)Oc1ccccc1N2C1CCN(Cc2cccs2)CC1. The van der Waals surface area contributed by atoms with E-state index in [1.165, 1.54) is 11.8 Å². The summed E-state index contributed by atoms with van der Waals surface area (Å²) in [5.74, 6) is 1.66. The van der Waals surface area contributed by atoms with E-state index >= 15 is 0 Å². The van der Waals surface area contributed by atoms with E-state index in [1.807, 2.05) is 41.7 Å². The van der Waals surface area contributed by atoms with Gasteiger partial charge in [0.25, 0.3) is 0 Å². The van der Waals surface area contributed by atoms with Crippen LogP contribution in [0, 0.1) is 0 Å². The van der Waals surface area contributed by atoms with Crippen LogP contribution in [0.5, 0.6) is 11.5 Å².